The van der Waals surface area contributed by atoms with E-state index in [1.165, 1.54) is 0 Å². The number of nitrogens with one attached hydrogen (secondary N) is 1. The van der Waals surface area contributed by atoms with Crippen molar-refractivity contribution in [2.24, 2.45) is 0 Å². The average Bonchev–Trinajstić information content (AvgIpc) is 2.95. The molecule has 8 heteroatoms. The summed E-state index contributed by atoms with van der Waals surface area (Å²) in [6, 6.07) is 25.2. The molecule has 1 aromatic heterocycles. The van der Waals surface area contributed by atoms with E-state index in [0.29, 0.717) is 58.3 Å². The van der Waals surface area contributed by atoms with E-state index in [2.05, 4.69) is 16.4 Å². The average molecular weight is 544 g/mol. The van der Waals surface area contributed by atoms with Gasteiger partial charge < -0.3 is 19.5 Å². The van der Waals surface area contributed by atoms with Gasteiger partial charge in [0, 0.05) is 28.0 Å². The summed E-state index contributed by atoms with van der Waals surface area (Å²) in [6.07, 6.45) is 1.56. The molecule has 0 unspecified atom stereocenters. The highest BCUT2D eigenvalue weighted by atomic mass is 35.5. The van der Waals surface area contributed by atoms with Crippen LogP contribution in [0.1, 0.15) is 11.1 Å². The van der Waals surface area contributed by atoms with E-state index in [0.717, 1.165) is 27.2 Å². The van der Waals surface area contributed by atoms with Crippen LogP contribution in [-0.2, 0) is 6.61 Å². The molecular weight excluding hydrogens is 521 g/mol. The zero-order valence-electron chi connectivity index (χ0n) is 20.5. The number of ether oxygens (including phenoxy) is 3. The lowest BCUT2D eigenvalue weighted by Gasteiger charge is -2.16. The predicted octanol–water partition coefficient (Wildman–Crippen LogP) is 7.86. The first kappa shape index (κ1) is 25.5. The monoisotopic (exact) mass is 543 g/mol. The molecule has 0 aliphatic carbocycles. The second-order valence-corrected chi connectivity index (χ2v) is 9.18. The van der Waals surface area contributed by atoms with Crippen molar-refractivity contribution >= 4 is 56.3 Å². The number of hydrogen-bond donors (Lipinski definition) is 1. The van der Waals surface area contributed by atoms with Crippen LogP contribution in [0.4, 0.5) is 11.4 Å². The van der Waals surface area contributed by atoms with Crippen LogP contribution in [0.15, 0.2) is 79.0 Å². The van der Waals surface area contributed by atoms with Crippen LogP contribution in [0.25, 0.3) is 21.7 Å². The Morgan fingerprint density at radius 3 is 2.42 bits per heavy atom. The minimum atomic E-state index is 0.369. The number of nitriles is 1. The molecule has 0 saturated carbocycles. The van der Waals surface area contributed by atoms with Gasteiger partial charge in [0.15, 0.2) is 11.5 Å². The number of rotatable bonds is 9. The number of alkyl halides is 1. The number of methoxy groups -OCH3 is 1. The van der Waals surface area contributed by atoms with E-state index >= 15 is 0 Å². The highest BCUT2D eigenvalue weighted by molar-refractivity contribution is 6.32. The van der Waals surface area contributed by atoms with Gasteiger partial charge in [-0.15, -0.1) is 11.6 Å². The molecule has 0 saturated heterocycles. The summed E-state index contributed by atoms with van der Waals surface area (Å²) in [6.45, 7) is 0.781. The van der Waals surface area contributed by atoms with Gasteiger partial charge in [0.05, 0.1) is 34.8 Å². The van der Waals surface area contributed by atoms with Gasteiger partial charge in [-0.25, -0.2) is 0 Å². The lowest BCUT2D eigenvalue weighted by molar-refractivity contribution is 0.306. The van der Waals surface area contributed by atoms with Gasteiger partial charge in [-0.05, 0) is 48.0 Å². The van der Waals surface area contributed by atoms with Crippen molar-refractivity contribution in [1.29, 1.82) is 5.26 Å². The summed E-state index contributed by atoms with van der Waals surface area (Å²) in [5, 5.41) is 16.2. The summed E-state index contributed by atoms with van der Waals surface area (Å²) in [5.74, 6) is 2.16. The Balaban J connectivity index is 1.50. The Labute approximate surface area is 230 Å². The van der Waals surface area contributed by atoms with Crippen LogP contribution in [0.5, 0.6) is 17.2 Å². The Bertz CT molecular complexity index is 1650. The van der Waals surface area contributed by atoms with Crippen molar-refractivity contribution in [3.8, 4) is 23.3 Å². The van der Waals surface area contributed by atoms with E-state index in [1.54, 1.807) is 19.4 Å². The fraction of sp³-hybridized carbons (Fsp3) is 0.133. The molecule has 38 heavy (non-hydrogen) atoms. The Kier molecular flexibility index (Phi) is 7.69. The molecule has 4 aromatic carbocycles. The van der Waals surface area contributed by atoms with E-state index < -0.39 is 0 Å². The smallest absolute Gasteiger partial charge is 0.168 e. The zero-order chi connectivity index (χ0) is 26.5. The van der Waals surface area contributed by atoms with Crippen LogP contribution in [0, 0.1) is 11.3 Å². The maximum Gasteiger partial charge on any atom is 0.168 e. The van der Waals surface area contributed by atoms with Crippen molar-refractivity contribution in [2.75, 3.05) is 24.9 Å². The van der Waals surface area contributed by atoms with Gasteiger partial charge in [-0.2, -0.15) is 5.26 Å². The maximum atomic E-state index is 9.82. The van der Waals surface area contributed by atoms with Gasteiger partial charge in [0.25, 0.3) is 0 Å². The molecule has 5 aromatic rings. The quantitative estimate of drug-likeness (QED) is 0.150. The molecule has 0 spiro atoms. The molecule has 0 atom stereocenters. The maximum absolute atomic E-state index is 9.82. The predicted molar refractivity (Wildman–Crippen MR) is 152 cm³/mol. The number of halogens is 2. The van der Waals surface area contributed by atoms with Gasteiger partial charge in [0.2, 0.25) is 0 Å². The molecule has 5 rings (SSSR count). The Morgan fingerprint density at radius 2 is 1.68 bits per heavy atom. The number of pyridine rings is 1. The summed E-state index contributed by atoms with van der Waals surface area (Å²) >= 11 is 12.3. The minimum absolute atomic E-state index is 0.369. The van der Waals surface area contributed by atoms with Crippen LogP contribution >= 0.6 is 23.2 Å². The summed E-state index contributed by atoms with van der Waals surface area (Å²) in [7, 11) is 1.60. The molecule has 1 N–H and O–H groups in total. The molecule has 0 amide bonds. The second kappa shape index (κ2) is 11.5. The van der Waals surface area contributed by atoms with E-state index in [4.69, 9.17) is 37.4 Å². The third kappa shape index (κ3) is 5.12. The van der Waals surface area contributed by atoms with Gasteiger partial charge >= 0.3 is 0 Å². The zero-order valence-corrected chi connectivity index (χ0v) is 22.0. The van der Waals surface area contributed by atoms with E-state index in [1.807, 2.05) is 66.7 Å². The van der Waals surface area contributed by atoms with Gasteiger partial charge in [0.1, 0.15) is 25.0 Å². The van der Waals surface area contributed by atoms with Crippen LogP contribution in [0.2, 0.25) is 5.02 Å². The van der Waals surface area contributed by atoms with Gasteiger partial charge in [-0.3, -0.25) is 4.98 Å². The molecule has 0 radical (unpaired) electrons. The Morgan fingerprint density at radius 1 is 0.921 bits per heavy atom. The summed E-state index contributed by atoms with van der Waals surface area (Å²) in [4.78, 5) is 4.61. The van der Waals surface area contributed by atoms with Crippen molar-refractivity contribution in [2.45, 2.75) is 6.61 Å². The van der Waals surface area contributed by atoms with Crippen molar-refractivity contribution in [1.82, 2.24) is 4.98 Å². The number of nitrogens with zero attached hydrogens (tertiary/aromatic N) is 2. The molecule has 6 nitrogen and oxygen atoms in total. The van der Waals surface area contributed by atoms with Crippen LogP contribution < -0.4 is 19.5 Å². The molecule has 0 aliphatic rings. The summed E-state index contributed by atoms with van der Waals surface area (Å²) < 4.78 is 17.3. The van der Waals surface area contributed by atoms with Crippen molar-refractivity contribution < 1.29 is 14.2 Å². The number of benzene rings is 4. The largest absolute Gasteiger partial charge is 0.492 e. The third-order valence-corrected chi connectivity index (χ3v) is 6.50. The molecule has 1 heterocycles. The van der Waals surface area contributed by atoms with Crippen LogP contribution in [0.3, 0.4) is 0 Å². The fourth-order valence-electron chi connectivity index (χ4n) is 4.29. The minimum Gasteiger partial charge on any atom is -0.492 e. The fourth-order valence-corrected chi connectivity index (χ4v) is 4.60. The summed E-state index contributed by atoms with van der Waals surface area (Å²) in [5.41, 5.74) is 3.53. The van der Waals surface area contributed by atoms with E-state index in [-0.39, 0.29) is 0 Å². The number of anilines is 2. The van der Waals surface area contributed by atoms with E-state index in [9.17, 15) is 5.26 Å². The second-order valence-electron chi connectivity index (χ2n) is 8.39. The standard InChI is InChI=1S/C30H23Cl2N3O3/c1-36-30-23-8-9-24-28(20(16-33)17-34-29(24)22(23)10-12-27(30)37-14-13-31)35-21-7-11-26(25(32)15-21)38-18-19-5-3-2-4-6-19/h2-12,15,17H,13-14,18H2,1H3,(H,34,35). The highest BCUT2D eigenvalue weighted by Crippen LogP contribution is 2.41. The van der Waals surface area contributed by atoms with Gasteiger partial charge in [-0.1, -0.05) is 41.9 Å². The first-order valence-electron chi connectivity index (χ1n) is 11.9. The molecule has 0 aliphatic heterocycles. The molecule has 0 fully saturated rings. The van der Waals surface area contributed by atoms with Crippen LogP contribution in [-0.4, -0.2) is 24.6 Å². The third-order valence-electron chi connectivity index (χ3n) is 6.05. The van der Waals surface area contributed by atoms with Crippen molar-refractivity contribution in [3.63, 3.8) is 0 Å². The first-order valence-corrected chi connectivity index (χ1v) is 12.8. The lowest BCUT2D eigenvalue weighted by Crippen LogP contribution is -2.01. The highest BCUT2D eigenvalue weighted by Gasteiger charge is 2.16. The number of hydrogen-bond acceptors (Lipinski definition) is 6. The topological polar surface area (TPSA) is 76.4 Å². The normalized spacial score (nSPS) is 10.8. The molecular formula is C30H23Cl2N3O3. The Hall–Kier alpha value is -4.18. The van der Waals surface area contributed by atoms with Crippen molar-refractivity contribution in [3.05, 3.63) is 95.1 Å². The number of fused-ring (bicyclic) bond motifs is 3. The first-order chi connectivity index (χ1) is 18.6. The molecule has 190 valence electrons. The number of aromatic nitrogens is 1. The lowest BCUT2D eigenvalue weighted by atomic mass is 10.0. The SMILES string of the molecule is COc1c(OCCCl)ccc2c1ccc1c(Nc3ccc(OCc4ccccc4)c(Cl)c3)c(C#N)cnc12. The molecule has 0 bridgehead atoms.